The van der Waals surface area contributed by atoms with E-state index in [9.17, 15) is 30.0 Å². The van der Waals surface area contributed by atoms with Crippen LogP contribution in [-0.2, 0) is 30.0 Å². The van der Waals surface area contributed by atoms with Gasteiger partial charge in [-0.3, -0.25) is 4.79 Å². The summed E-state index contributed by atoms with van der Waals surface area (Å²) in [7, 11) is 0. The van der Waals surface area contributed by atoms with E-state index in [1.807, 2.05) is 6.92 Å². The van der Waals surface area contributed by atoms with Gasteiger partial charge in [0.15, 0.2) is 0 Å². The first-order valence-electron chi connectivity index (χ1n) is 9.71. The molecule has 2 N–H and O–H groups in total. The molecule has 0 amide bonds. The number of nitrogens with zero attached hydrogens (tertiary/aromatic N) is 2. The summed E-state index contributed by atoms with van der Waals surface area (Å²) in [6.07, 6.45) is 0.362. The Kier molecular flexibility index (Phi) is 8.40. The number of carbonyl (C=O) groups excluding carboxylic acids is 1. The third-order valence-corrected chi connectivity index (χ3v) is 5.94. The fraction of sp³-hybridized carbons (Fsp3) is 0.318. The fourth-order valence-electron chi connectivity index (χ4n) is 4.30. The number of aliphatic hydroxyl groups excluding tert-OH is 1. The number of aryl methyl sites for hydroxylation is 1. The van der Waals surface area contributed by atoms with Gasteiger partial charge in [0.1, 0.15) is 5.60 Å². The molecule has 1 atom stereocenters. The van der Waals surface area contributed by atoms with Crippen LogP contribution >= 0.6 is 0 Å². The molecule has 2 aromatic heterocycles. The number of pyridine rings is 2. The first-order valence-corrected chi connectivity index (χ1v) is 9.71. The number of rotatable bonds is 5. The van der Waals surface area contributed by atoms with Gasteiger partial charge in [-0.2, -0.15) is 0 Å². The second kappa shape index (κ2) is 9.95. The fourth-order valence-corrected chi connectivity index (χ4v) is 4.30. The molecule has 0 radical (unpaired) electrons. The second-order valence-corrected chi connectivity index (χ2v) is 7.42. The molecule has 0 aliphatic carbocycles. The van der Waals surface area contributed by atoms with Crippen LogP contribution in [0.5, 0.6) is 5.75 Å². The standard InChI is InChI=1S/C22H22N2O6.2Na/c1-3-12-13-7-11(26)5-6-17(13)23-19-14(12)9-24-18(19)8-16(15(10-25)20(24)27)22(30,4-2)21(28)29;;/h5-8,25-26,30H,3-4,9-10H2,1-2H3,(H,28,29);;/q;2*+1/p-2/t22-;;/m0../s1. The van der Waals surface area contributed by atoms with Crippen molar-refractivity contribution in [2.45, 2.75) is 45.4 Å². The van der Waals surface area contributed by atoms with Gasteiger partial charge in [0.05, 0.1) is 36.0 Å². The summed E-state index contributed by atoms with van der Waals surface area (Å²) in [5.74, 6) is -1.88. The summed E-state index contributed by atoms with van der Waals surface area (Å²) < 4.78 is 1.41. The quantitative estimate of drug-likeness (QED) is 0.286. The minimum Gasteiger partial charge on any atom is -0.872 e. The number of aromatic nitrogens is 2. The molecule has 0 saturated heterocycles. The van der Waals surface area contributed by atoms with Crippen molar-refractivity contribution in [1.29, 1.82) is 0 Å². The first kappa shape index (κ1) is 27.0. The number of carbonyl (C=O) groups is 1. The molecule has 0 saturated carbocycles. The Morgan fingerprint density at radius 2 is 1.91 bits per heavy atom. The molecule has 3 aromatic rings. The van der Waals surface area contributed by atoms with E-state index in [-0.39, 0.29) is 89.0 Å². The molecule has 3 heterocycles. The van der Waals surface area contributed by atoms with E-state index in [1.165, 1.54) is 29.7 Å². The Hall–Kier alpha value is -1.23. The zero-order chi connectivity index (χ0) is 21.8. The van der Waals surface area contributed by atoms with E-state index in [0.717, 1.165) is 11.1 Å². The van der Waals surface area contributed by atoms with E-state index in [2.05, 4.69) is 4.98 Å². The Morgan fingerprint density at radius 1 is 1.22 bits per heavy atom. The predicted molar refractivity (Wildman–Crippen MR) is 104 cm³/mol. The van der Waals surface area contributed by atoms with E-state index >= 15 is 0 Å². The van der Waals surface area contributed by atoms with Crippen LogP contribution in [0.3, 0.4) is 0 Å². The number of hydrogen-bond acceptors (Lipinski definition) is 7. The third-order valence-electron chi connectivity index (χ3n) is 5.94. The van der Waals surface area contributed by atoms with Gasteiger partial charge in [-0.05, 0) is 30.5 Å². The van der Waals surface area contributed by atoms with Crippen LogP contribution in [0.25, 0.3) is 22.3 Å². The molecule has 0 fully saturated rings. The molecule has 8 nitrogen and oxygen atoms in total. The zero-order valence-electron chi connectivity index (χ0n) is 18.6. The minimum atomic E-state index is -2.42. The van der Waals surface area contributed by atoms with Crippen molar-refractivity contribution in [2.24, 2.45) is 0 Å². The number of aliphatic hydroxyl groups is 2. The van der Waals surface area contributed by atoms with Crippen LogP contribution < -0.4 is 74.9 Å². The van der Waals surface area contributed by atoms with Gasteiger partial charge in [-0.1, -0.05) is 26.0 Å². The molecule has 0 spiro atoms. The summed E-state index contributed by atoms with van der Waals surface area (Å²) >= 11 is 0. The number of hydrogen-bond donors (Lipinski definition) is 2. The molecule has 32 heavy (non-hydrogen) atoms. The predicted octanol–water partition coefficient (Wildman–Crippen LogP) is -6.09. The van der Waals surface area contributed by atoms with Crippen LogP contribution in [0, 0.1) is 0 Å². The van der Waals surface area contributed by atoms with Crippen molar-refractivity contribution in [1.82, 2.24) is 9.55 Å². The minimum absolute atomic E-state index is 0. The summed E-state index contributed by atoms with van der Waals surface area (Å²) in [6, 6.07) is 5.95. The van der Waals surface area contributed by atoms with Gasteiger partial charge in [0.2, 0.25) is 0 Å². The largest absolute Gasteiger partial charge is 1.00 e. The van der Waals surface area contributed by atoms with E-state index in [0.29, 0.717) is 28.7 Å². The SMILES string of the molecule is CCc1c2c(nc3ccc([O-])cc13)-c1cc([C@@](O)(CC)C(=O)[O-])c(CO)c(=O)n1C2.[Na+].[Na+]. The van der Waals surface area contributed by atoms with E-state index in [4.69, 9.17) is 0 Å². The Labute approximate surface area is 228 Å². The molecule has 1 aromatic carbocycles. The van der Waals surface area contributed by atoms with Crippen molar-refractivity contribution in [3.05, 3.63) is 56.9 Å². The normalized spacial score (nSPS) is 13.5. The number of carboxylic acid groups (broad SMARTS) is 1. The second-order valence-electron chi connectivity index (χ2n) is 7.42. The number of benzene rings is 1. The maximum atomic E-state index is 13.1. The molecular formula is C22H20N2Na2O6. The molecule has 4 rings (SSSR count). The van der Waals surface area contributed by atoms with Gasteiger partial charge in [-0.25, -0.2) is 4.98 Å². The average Bonchev–Trinajstić information content (AvgIpc) is 3.09. The first-order chi connectivity index (χ1) is 14.3. The van der Waals surface area contributed by atoms with E-state index < -0.39 is 23.7 Å². The summed E-state index contributed by atoms with van der Waals surface area (Å²) in [5.41, 5.74) is -0.295. The summed E-state index contributed by atoms with van der Waals surface area (Å²) in [5, 5.41) is 44.8. The number of fused-ring (bicyclic) bond motifs is 4. The van der Waals surface area contributed by atoms with Crippen LogP contribution in [0.4, 0.5) is 0 Å². The smallest absolute Gasteiger partial charge is 0.872 e. The topological polar surface area (TPSA) is 139 Å². The van der Waals surface area contributed by atoms with Gasteiger partial charge >= 0.3 is 59.1 Å². The van der Waals surface area contributed by atoms with Crippen molar-refractivity contribution in [2.75, 3.05) is 0 Å². The van der Waals surface area contributed by atoms with Gasteiger partial charge in [-0.15, -0.1) is 5.75 Å². The molecule has 1 aliphatic rings. The third kappa shape index (κ3) is 3.97. The monoisotopic (exact) mass is 454 g/mol. The maximum absolute atomic E-state index is 13.1. The Bertz CT molecular complexity index is 1270. The molecule has 10 heteroatoms. The van der Waals surface area contributed by atoms with Crippen LogP contribution in [0.15, 0.2) is 29.1 Å². The van der Waals surface area contributed by atoms with Crippen molar-refractivity contribution in [3.63, 3.8) is 0 Å². The van der Waals surface area contributed by atoms with Crippen molar-refractivity contribution in [3.8, 4) is 17.1 Å². The molecule has 1 aliphatic heterocycles. The molecule has 0 bridgehead atoms. The average molecular weight is 454 g/mol. The van der Waals surface area contributed by atoms with Crippen molar-refractivity contribution < 1.29 is 84.3 Å². The zero-order valence-corrected chi connectivity index (χ0v) is 22.6. The van der Waals surface area contributed by atoms with Crippen LogP contribution in [0.2, 0.25) is 0 Å². The number of carboxylic acids is 1. The Morgan fingerprint density at radius 3 is 2.47 bits per heavy atom. The summed E-state index contributed by atoms with van der Waals surface area (Å²) in [4.78, 5) is 29.4. The van der Waals surface area contributed by atoms with Crippen LogP contribution in [-0.4, -0.2) is 25.7 Å². The summed E-state index contributed by atoms with van der Waals surface area (Å²) in [6.45, 7) is 2.85. The van der Waals surface area contributed by atoms with Gasteiger partial charge in [0.25, 0.3) is 5.56 Å². The van der Waals surface area contributed by atoms with Gasteiger partial charge in [0, 0.05) is 22.1 Å². The van der Waals surface area contributed by atoms with Crippen LogP contribution in [0.1, 0.15) is 42.5 Å². The van der Waals surface area contributed by atoms with Crippen molar-refractivity contribution >= 4 is 16.9 Å². The molecule has 0 unspecified atom stereocenters. The maximum Gasteiger partial charge on any atom is 1.00 e. The number of aliphatic carboxylic acids is 1. The Balaban J connectivity index is 0.00000181. The van der Waals surface area contributed by atoms with E-state index in [1.54, 1.807) is 6.07 Å². The molecular weight excluding hydrogens is 434 g/mol. The molecule has 156 valence electrons. The van der Waals surface area contributed by atoms with Gasteiger partial charge < -0.3 is 29.8 Å².